The van der Waals surface area contributed by atoms with Crippen LogP contribution in [0.15, 0.2) is 35.3 Å². The number of aryl methyl sites for hydroxylation is 1. The summed E-state index contributed by atoms with van der Waals surface area (Å²) < 4.78 is 6.32. The van der Waals surface area contributed by atoms with Gasteiger partial charge in [-0.05, 0) is 17.7 Å². The van der Waals surface area contributed by atoms with Crippen molar-refractivity contribution >= 4 is 17.3 Å². The van der Waals surface area contributed by atoms with E-state index < -0.39 is 0 Å². The van der Waals surface area contributed by atoms with Crippen LogP contribution in [0.1, 0.15) is 5.56 Å². The topological polar surface area (TPSA) is 56.1 Å². The lowest BCUT2D eigenvalue weighted by atomic mass is 10.2. The van der Waals surface area contributed by atoms with Crippen LogP contribution in [0.3, 0.4) is 0 Å². The molecule has 6 heteroatoms. The number of nitrogens with zero attached hydrogens (tertiary/aromatic N) is 2. The van der Waals surface area contributed by atoms with Crippen molar-refractivity contribution in [1.82, 2.24) is 9.78 Å². The van der Waals surface area contributed by atoms with E-state index in [0.717, 1.165) is 11.3 Å². The average molecular weight is 280 g/mol. The summed E-state index contributed by atoms with van der Waals surface area (Å²) in [5.41, 5.74) is 1.13. The van der Waals surface area contributed by atoms with Crippen LogP contribution < -0.4 is 15.6 Å². The number of hydrogen-bond acceptors (Lipinski definition) is 4. The third kappa shape index (κ3) is 3.06. The first-order valence-electron chi connectivity index (χ1n) is 5.70. The van der Waals surface area contributed by atoms with Crippen molar-refractivity contribution in [3.05, 3.63) is 51.4 Å². The minimum Gasteiger partial charge on any atom is -0.497 e. The van der Waals surface area contributed by atoms with Gasteiger partial charge in [0.15, 0.2) is 0 Å². The highest BCUT2D eigenvalue weighted by molar-refractivity contribution is 6.32. The predicted molar refractivity (Wildman–Crippen MR) is 74.8 cm³/mol. The zero-order valence-corrected chi connectivity index (χ0v) is 11.4. The van der Waals surface area contributed by atoms with Crippen molar-refractivity contribution in [2.45, 2.75) is 6.54 Å². The number of rotatable bonds is 4. The van der Waals surface area contributed by atoms with Crippen molar-refractivity contribution in [1.29, 1.82) is 0 Å². The number of hydrogen-bond donors (Lipinski definition) is 1. The van der Waals surface area contributed by atoms with Crippen molar-refractivity contribution < 1.29 is 4.74 Å². The van der Waals surface area contributed by atoms with E-state index in [9.17, 15) is 4.79 Å². The van der Waals surface area contributed by atoms with Gasteiger partial charge >= 0.3 is 0 Å². The van der Waals surface area contributed by atoms with Gasteiger partial charge in [-0.15, -0.1) is 0 Å². The van der Waals surface area contributed by atoms with Crippen molar-refractivity contribution in [3.8, 4) is 5.75 Å². The first-order valence-corrected chi connectivity index (χ1v) is 6.08. The molecule has 2 aromatic rings. The molecule has 0 amide bonds. The molecule has 0 aliphatic carbocycles. The molecule has 1 N–H and O–H groups in total. The van der Waals surface area contributed by atoms with Gasteiger partial charge in [-0.25, -0.2) is 4.68 Å². The Bertz CT molecular complexity index is 623. The van der Waals surface area contributed by atoms with Gasteiger partial charge in [0.2, 0.25) is 0 Å². The molecular weight excluding hydrogens is 266 g/mol. The number of anilines is 1. The quantitative estimate of drug-likeness (QED) is 0.931. The summed E-state index contributed by atoms with van der Waals surface area (Å²) in [6, 6.07) is 7.57. The fraction of sp³-hybridized carbons (Fsp3) is 0.231. The van der Waals surface area contributed by atoms with Crippen LogP contribution in [-0.4, -0.2) is 16.9 Å². The molecule has 2 rings (SSSR count). The Hall–Kier alpha value is -2.01. The summed E-state index contributed by atoms with van der Waals surface area (Å²) in [6.45, 7) is 0.503. The molecule has 1 aromatic heterocycles. The summed E-state index contributed by atoms with van der Waals surface area (Å²) in [5, 5.41) is 7.18. The van der Waals surface area contributed by atoms with E-state index in [1.165, 1.54) is 10.9 Å². The lowest BCUT2D eigenvalue weighted by molar-refractivity contribution is 0.414. The van der Waals surface area contributed by atoms with E-state index in [0.29, 0.717) is 17.3 Å². The monoisotopic (exact) mass is 279 g/mol. The Balaban J connectivity index is 2.14. The molecular formula is C13H14ClN3O2. The van der Waals surface area contributed by atoms with Gasteiger partial charge < -0.3 is 10.1 Å². The molecule has 100 valence electrons. The second-order valence-electron chi connectivity index (χ2n) is 4.00. The van der Waals surface area contributed by atoms with Gasteiger partial charge in [0.1, 0.15) is 11.4 Å². The van der Waals surface area contributed by atoms with Crippen LogP contribution in [0.25, 0.3) is 0 Å². The van der Waals surface area contributed by atoms with Gasteiger partial charge in [0.05, 0.1) is 18.3 Å². The maximum Gasteiger partial charge on any atom is 0.291 e. The molecule has 19 heavy (non-hydrogen) atoms. The average Bonchev–Trinajstić information content (AvgIpc) is 2.44. The van der Waals surface area contributed by atoms with E-state index in [-0.39, 0.29) is 5.56 Å². The fourth-order valence-corrected chi connectivity index (χ4v) is 1.80. The minimum atomic E-state index is -0.249. The molecule has 0 aliphatic rings. The van der Waals surface area contributed by atoms with Gasteiger partial charge in [-0.1, -0.05) is 23.7 Å². The van der Waals surface area contributed by atoms with Gasteiger partial charge in [-0.3, -0.25) is 4.79 Å². The molecule has 0 spiro atoms. The van der Waals surface area contributed by atoms with Gasteiger partial charge in [0, 0.05) is 13.6 Å². The number of ether oxygens (including phenoxy) is 1. The Morgan fingerprint density at radius 2 is 2.05 bits per heavy atom. The van der Waals surface area contributed by atoms with Crippen LogP contribution in [0, 0.1) is 0 Å². The van der Waals surface area contributed by atoms with E-state index in [1.54, 1.807) is 14.2 Å². The maximum atomic E-state index is 11.8. The van der Waals surface area contributed by atoms with Crippen LogP contribution in [0.2, 0.25) is 5.02 Å². The van der Waals surface area contributed by atoms with E-state index >= 15 is 0 Å². The second kappa shape index (κ2) is 5.75. The number of benzene rings is 1. The lowest BCUT2D eigenvalue weighted by Crippen LogP contribution is -2.23. The highest BCUT2D eigenvalue weighted by atomic mass is 35.5. The largest absolute Gasteiger partial charge is 0.497 e. The maximum absolute atomic E-state index is 11.8. The Kier molecular flexibility index (Phi) is 4.06. The minimum absolute atomic E-state index is 0.249. The van der Waals surface area contributed by atoms with Crippen molar-refractivity contribution in [3.63, 3.8) is 0 Å². The molecule has 0 radical (unpaired) electrons. The van der Waals surface area contributed by atoms with Crippen LogP contribution in [0.4, 0.5) is 5.69 Å². The molecule has 1 aromatic carbocycles. The smallest absolute Gasteiger partial charge is 0.291 e. The van der Waals surface area contributed by atoms with Gasteiger partial charge in [0.25, 0.3) is 5.56 Å². The Morgan fingerprint density at radius 1 is 1.37 bits per heavy atom. The molecule has 0 aliphatic heterocycles. The molecule has 0 unspecified atom stereocenters. The standard InChI is InChI=1S/C13H14ClN3O2/c1-17-13(18)12(11(14)8-16-17)15-7-9-3-5-10(19-2)6-4-9/h3-6,8,15H,7H2,1-2H3. The molecule has 5 nitrogen and oxygen atoms in total. The number of aromatic nitrogens is 2. The molecule has 1 heterocycles. The highest BCUT2D eigenvalue weighted by Gasteiger charge is 2.07. The Labute approximate surface area is 115 Å². The summed E-state index contributed by atoms with van der Waals surface area (Å²) in [5.74, 6) is 0.793. The summed E-state index contributed by atoms with van der Waals surface area (Å²) in [7, 11) is 3.20. The third-order valence-corrected chi connectivity index (χ3v) is 3.01. The van der Waals surface area contributed by atoms with Crippen molar-refractivity contribution in [2.75, 3.05) is 12.4 Å². The fourth-order valence-electron chi connectivity index (χ4n) is 1.61. The first-order chi connectivity index (χ1) is 9.11. The van der Waals surface area contributed by atoms with Crippen LogP contribution in [-0.2, 0) is 13.6 Å². The van der Waals surface area contributed by atoms with Crippen molar-refractivity contribution in [2.24, 2.45) is 7.05 Å². The zero-order valence-electron chi connectivity index (χ0n) is 10.7. The molecule has 0 saturated carbocycles. The molecule has 0 fully saturated rings. The van der Waals surface area contributed by atoms with E-state index in [4.69, 9.17) is 16.3 Å². The van der Waals surface area contributed by atoms with Crippen LogP contribution >= 0.6 is 11.6 Å². The number of methoxy groups -OCH3 is 1. The normalized spacial score (nSPS) is 10.3. The SMILES string of the molecule is COc1ccc(CNc2c(Cl)cnn(C)c2=O)cc1. The predicted octanol–water partition coefficient (Wildman–Crippen LogP) is 2.05. The Morgan fingerprint density at radius 3 is 2.68 bits per heavy atom. The van der Waals surface area contributed by atoms with Gasteiger partial charge in [-0.2, -0.15) is 5.10 Å². The van der Waals surface area contributed by atoms with Crippen LogP contribution in [0.5, 0.6) is 5.75 Å². The highest BCUT2D eigenvalue weighted by Crippen LogP contribution is 2.17. The zero-order chi connectivity index (χ0) is 13.8. The molecule has 0 bridgehead atoms. The van der Waals surface area contributed by atoms with E-state index in [1.807, 2.05) is 24.3 Å². The molecule has 0 saturated heterocycles. The summed E-state index contributed by atoms with van der Waals surface area (Å²) >= 11 is 5.96. The number of nitrogens with one attached hydrogen (secondary N) is 1. The summed E-state index contributed by atoms with van der Waals surface area (Å²) in [6.07, 6.45) is 1.44. The van der Waals surface area contributed by atoms with E-state index in [2.05, 4.69) is 10.4 Å². The second-order valence-corrected chi connectivity index (χ2v) is 4.41. The molecule has 0 atom stereocenters. The summed E-state index contributed by atoms with van der Waals surface area (Å²) in [4.78, 5) is 11.8. The number of halogens is 1. The third-order valence-electron chi connectivity index (χ3n) is 2.72. The lowest BCUT2D eigenvalue weighted by Gasteiger charge is -2.09. The first kappa shape index (κ1) is 13.4.